The molecule has 0 bridgehead atoms. The second kappa shape index (κ2) is 9.85. The van der Waals surface area contributed by atoms with Gasteiger partial charge in [0.2, 0.25) is 17.6 Å². The Morgan fingerprint density at radius 1 is 1.06 bits per heavy atom. The maximum Gasteiger partial charge on any atom is 0.226 e. The molecule has 166 valence electrons. The Labute approximate surface area is 186 Å². The fourth-order valence-corrected chi connectivity index (χ4v) is 3.97. The number of rotatable bonds is 7. The van der Waals surface area contributed by atoms with Crippen molar-refractivity contribution in [3.63, 3.8) is 0 Å². The van der Waals surface area contributed by atoms with E-state index in [-0.39, 0.29) is 23.4 Å². The number of benzene rings is 2. The van der Waals surface area contributed by atoms with Gasteiger partial charge in [0.25, 0.3) is 0 Å². The molecule has 0 unspecified atom stereocenters. The molecule has 1 saturated heterocycles. The smallest absolute Gasteiger partial charge is 0.226 e. The third-order valence-corrected chi connectivity index (χ3v) is 5.91. The summed E-state index contributed by atoms with van der Waals surface area (Å²) in [4.78, 5) is 31.4. The molecule has 3 aromatic rings. The quantitative estimate of drug-likeness (QED) is 0.506. The summed E-state index contributed by atoms with van der Waals surface area (Å²) in [5, 5.41) is 3.92. The first kappa shape index (κ1) is 21.9. The number of ketones is 1. The van der Waals surface area contributed by atoms with Crippen molar-refractivity contribution < 1.29 is 18.5 Å². The predicted molar refractivity (Wildman–Crippen MR) is 117 cm³/mol. The molecule has 0 spiro atoms. The molecule has 7 heteroatoms. The van der Waals surface area contributed by atoms with Gasteiger partial charge in [-0.3, -0.25) is 9.59 Å². The lowest BCUT2D eigenvalue weighted by atomic mass is 9.88. The number of Topliss-reactive ketones (excluding diaryl/α,β-unsaturated/α-hetero) is 1. The monoisotopic (exact) mass is 435 g/mol. The Bertz CT molecular complexity index is 1070. The number of carbonyl (C=O) groups excluding carboxylic acids is 2. The van der Waals surface area contributed by atoms with Crippen molar-refractivity contribution in [1.29, 1.82) is 0 Å². The van der Waals surface area contributed by atoms with Crippen LogP contribution in [0.1, 0.15) is 47.5 Å². The van der Waals surface area contributed by atoms with Crippen LogP contribution in [0.25, 0.3) is 11.4 Å². The minimum atomic E-state index is -0.320. The number of hydrogen-bond acceptors (Lipinski definition) is 5. The molecule has 0 saturated carbocycles. The van der Waals surface area contributed by atoms with E-state index in [1.165, 1.54) is 12.1 Å². The van der Waals surface area contributed by atoms with Crippen molar-refractivity contribution >= 4 is 11.7 Å². The number of halogens is 1. The molecule has 2 heterocycles. The van der Waals surface area contributed by atoms with Crippen LogP contribution in [0.2, 0.25) is 0 Å². The fourth-order valence-electron chi connectivity index (χ4n) is 3.97. The molecule has 0 N–H and O–H groups in total. The zero-order valence-corrected chi connectivity index (χ0v) is 18.1. The van der Waals surface area contributed by atoms with E-state index in [9.17, 15) is 14.0 Å². The Balaban J connectivity index is 1.21. The highest BCUT2D eigenvalue weighted by atomic mass is 19.1. The first-order chi connectivity index (χ1) is 15.5. The van der Waals surface area contributed by atoms with E-state index in [1.807, 2.05) is 36.1 Å². The Morgan fingerprint density at radius 2 is 1.75 bits per heavy atom. The van der Waals surface area contributed by atoms with Gasteiger partial charge in [-0.05, 0) is 50.5 Å². The maximum atomic E-state index is 13.0. The molecule has 0 atom stereocenters. The largest absolute Gasteiger partial charge is 0.343 e. The van der Waals surface area contributed by atoms with Crippen LogP contribution in [0.3, 0.4) is 0 Å². The molecule has 1 aliphatic rings. The number of aryl methyl sites for hydroxylation is 2. The summed E-state index contributed by atoms with van der Waals surface area (Å²) in [6, 6.07) is 13.6. The molecule has 0 aliphatic carbocycles. The molecule has 1 aliphatic heterocycles. The molecular weight excluding hydrogens is 409 g/mol. The number of nitrogens with zero attached hydrogens (tertiary/aromatic N) is 3. The number of aromatic nitrogens is 2. The lowest BCUT2D eigenvalue weighted by Crippen LogP contribution is -2.40. The van der Waals surface area contributed by atoms with Crippen LogP contribution >= 0.6 is 0 Å². The molecular formula is C25H26FN3O3. The van der Waals surface area contributed by atoms with Gasteiger partial charge in [-0.15, -0.1) is 0 Å². The number of amides is 1. The lowest BCUT2D eigenvalue weighted by molar-refractivity contribution is -0.132. The average Bonchev–Trinajstić information content (AvgIpc) is 3.28. The van der Waals surface area contributed by atoms with Gasteiger partial charge in [-0.25, -0.2) is 4.39 Å². The summed E-state index contributed by atoms with van der Waals surface area (Å²) < 4.78 is 18.3. The molecule has 1 aromatic heterocycles. The minimum absolute atomic E-state index is 0.0231. The molecule has 32 heavy (non-hydrogen) atoms. The third kappa shape index (κ3) is 5.28. The van der Waals surface area contributed by atoms with E-state index in [2.05, 4.69) is 10.1 Å². The van der Waals surface area contributed by atoms with Crippen LogP contribution in [-0.2, 0) is 11.2 Å². The van der Waals surface area contributed by atoms with Gasteiger partial charge in [0.1, 0.15) is 5.82 Å². The van der Waals surface area contributed by atoms with Crippen molar-refractivity contribution in [3.05, 3.63) is 71.4 Å². The van der Waals surface area contributed by atoms with Gasteiger partial charge >= 0.3 is 0 Å². The van der Waals surface area contributed by atoms with Crippen molar-refractivity contribution in [1.82, 2.24) is 15.0 Å². The normalized spacial score (nSPS) is 14.5. The van der Waals surface area contributed by atoms with Crippen molar-refractivity contribution in [2.24, 2.45) is 5.92 Å². The van der Waals surface area contributed by atoms with Crippen LogP contribution in [0, 0.1) is 18.7 Å². The topological polar surface area (TPSA) is 76.3 Å². The van der Waals surface area contributed by atoms with E-state index in [1.54, 1.807) is 12.1 Å². The average molecular weight is 435 g/mol. The minimum Gasteiger partial charge on any atom is -0.343 e. The Morgan fingerprint density at radius 3 is 2.44 bits per heavy atom. The van der Waals surface area contributed by atoms with Crippen molar-refractivity contribution in [2.75, 3.05) is 13.1 Å². The van der Waals surface area contributed by atoms with Crippen LogP contribution in [0.4, 0.5) is 4.39 Å². The number of likely N-dealkylation sites (tertiary alicyclic amines) is 1. The molecule has 1 fully saturated rings. The summed E-state index contributed by atoms with van der Waals surface area (Å²) in [6.45, 7) is 3.22. The third-order valence-electron chi connectivity index (χ3n) is 5.91. The van der Waals surface area contributed by atoms with Gasteiger partial charge < -0.3 is 9.42 Å². The van der Waals surface area contributed by atoms with Crippen LogP contribution in [0.5, 0.6) is 0 Å². The van der Waals surface area contributed by atoms with Gasteiger partial charge in [-0.2, -0.15) is 4.98 Å². The highest BCUT2D eigenvalue weighted by molar-refractivity contribution is 5.98. The second-order valence-electron chi connectivity index (χ2n) is 8.26. The number of carbonyl (C=O) groups is 2. The predicted octanol–water partition coefficient (Wildman–Crippen LogP) is 4.63. The van der Waals surface area contributed by atoms with E-state index >= 15 is 0 Å². The van der Waals surface area contributed by atoms with Crippen LogP contribution in [0.15, 0.2) is 53.1 Å². The summed E-state index contributed by atoms with van der Waals surface area (Å²) >= 11 is 0. The van der Waals surface area contributed by atoms with Gasteiger partial charge in [0.15, 0.2) is 5.78 Å². The van der Waals surface area contributed by atoms with E-state index in [0.29, 0.717) is 62.5 Å². The molecule has 0 radical (unpaired) electrons. The van der Waals surface area contributed by atoms with Gasteiger partial charge in [-0.1, -0.05) is 35.0 Å². The van der Waals surface area contributed by atoms with Crippen LogP contribution < -0.4 is 0 Å². The highest BCUT2D eigenvalue weighted by Crippen LogP contribution is 2.23. The molecule has 6 nitrogen and oxygen atoms in total. The Hall–Kier alpha value is -3.35. The van der Waals surface area contributed by atoms with Gasteiger partial charge in [0, 0.05) is 43.0 Å². The summed E-state index contributed by atoms with van der Waals surface area (Å²) in [5.41, 5.74) is 2.56. The molecule has 1 amide bonds. The highest BCUT2D eigenvalue weighted by Gasteiger charge is 2.27. The fraction of sp³-hybridized carbons (Fsp3) is 0.360. The Kier molecular flexibility index (Phi) is 6.73. The van der Waals surface area contributed by atoms with E-state index in [0.717, 1.165) is 11.1 Å². The van der Waals surface area contributed by atoms with Crippen molar-refractivity contribution in [2.45, 2.75) is 39.0 Å². The summed E-state index contributed by atoms with van der Waals surface area (Å²) in [6.07, 6.45) is 2.89. The number of piperidine rings is 1. The van der Waals surface area contributed by atoms with E-state index in [4.69, 9.17) is 4.52 Å². The molecule has 4 rings (SSSR count). The summed E-state index contributed by atoms with van der Waals surface area (Å²) in [5.74, 6) is 0.783. The lowest BCUT2D eigenvalue weighted by Gasteiger charge is -2.31. The summed E-state index contributed by atoms with van der Waals surface area (Å²) in [7, 11) is 0. The number of hydrogen-bond donors (Lipinski definition) is 0. The zero-order valence-electron chi connectivity index (χ0n) is 18.1. The van der Waals surface area contributed by atoms with Gasteiger partial charge in [0.05, 0.1) is 0 Å². The zero-order chi connectivity index (χ0) is 22.5. The van der Waals surface area contributed by atoms with Crippen molar-refractivity contribution in [3.8, 4) is 11.4 Å². The van der Waals surface area contributed by atoms with E-state index < -0.39 is 0 Å². The van der Waals surface area contributed by atoms with Crippen LogP contribution in [-0.4, -0.2) is 39.8 Å². The maximum absolute atomic E-state index is 13.0. The SMILES string of the molecule is Cc1ccc(C(=O)C2CCN(C(=O)CCCc3nc(-c4ccc(F)cc4)no3)CC2)cc1. The molecule has 2 aromatic carbocycles. The first-order valence-corrected chi connectivity index (χ1v) is 11.0. The second-order valence-corrected chi connectivity index (χ2v) is 8.26. The first-order valence-electron chi connectivity index (χ1n) is 11.0. The standard InChI is InChI=1S/C25H26FN3O3/c1-17-5-7-18(8-6-17)24(31)19-13-15-29(16-14-19)23(30)4-2-3-22-27-25(28-32-22)20-9-11-21(26)12-10-20/h5-12,19H,2-4,13-16H2,1H3.